The van der Waals surface area contributed by atoms with Gasteiger partial charge in [0.2, 0.25) is 0 Å². The molecule has 0 bridgehead atoms. The Balaban J connectivity index is 1.83. The van der Waals surface area contributed by atoms with Crippen LogP contribution in [0.2, 0.25) is 0 Å². The van der Waals surface area contributed by atoms with Crippen LogP contribution >= 0.6 is 11.8 Å². The fourth-order valence-corrected chi connectivity index (χ4v) is 3.14. The minimum atomic E-state index is 0.800. The van der Waals surface area contributed by atoms with Gasteiger partial charge < -0.3 is 10.6 Å². The highest BCUT2D eigenvalue weighted by Gasteiger charge is 2.13. The highest BCUT2D eigenvalue weighted by molar-refractivity contribution is 7.99. The first kappa shape index (κ1) is 12.5. The number of rotatable bonds is 5. The third-order valence-corrected chi connectivity index (χ3v) is 3.99. The first-order valence-electron chi connectivity index (χ1n) is 6.26. The molecule has 5 heteroatoms. The molecule has 1 aromatic rings. The minimum absolute atomic E-state index is 0.800. The zero-order valence-electron chi connectivity index (χ0n) is 10.3. The smallest absolute Gasteiger partial charge is 0.131 e. The van der Waals surface area contributed by atoms with Crippen molar-refractivity contribution in [2.75, 3.05) is 35.2 Å². The number of anilines is 2. The average Bonchev–Trinajstić information content (AvgIpc) is 2.39. The van der Waals surface area contributed by atoms with Crippen LogP contribution in [0.25, 0.3) is 0 Å². The van der Waals surface area contributed by atoms with Gasteiger partial charge in [-0.3, -0.25) is 0 Å². The molecule has 1 aliphatic rings. The maximum atomic E-state index is 4.24. The fraction of sp³-hybridized carbons (Fsp3) is 0.667. The molecule has 1 aromatic heterocycles. The second kappa shape index (κ2) is 6.69. The zero-order valence-corrected chi connectivity index (χ0v) is 11.1. The van der Waals surface area contributed by atoms with Crippen LogP contribution in [-0.2, 0) is 0 Å². The summed E-state index contributed by atoms with van der Waals surface area (Å²) in [7, 11) is 0. The summed E-state index contributed by atoms with van der Waals surface area (Å²) in [6.45, 7) is 3.98. The maximum absolute atomic E-state index is 4.24. The van der Waals surface area contributed by atoms with Crippen LogP contribution in [-0.4, -0.2) is 34.6 Å². The Morgan fingerprint density at radius 3 is 2.65 bits per heavy atom. The minimum Gasteiger partial charge on any atom is -0.370 e. The van der Waals surface area contributed by atoms with Gasteiger partial charge in [-0.15, -0.1) is 0 Å². The van der Waals surface area contributed by atoms with Crippen LogP contribution in [0, 0.1) is 5.92 Å². The molecule has 0 saturated carbocycles. The molecule has 1 aliphatic heterocycles. The molecule has 2 heterocycles. The molecule has 4 nitrogen and oxygen atoms in total. The van der Waals surface area contributed by atoms with E-state index in [1.165, 1.54) is 24.3 Å². The van der Waals surface area contributed by atoms with Crippen LogP contribution in [0.1, 0.15) is 19.8 Å². The second-order valence-corrected chi connectivity index (χ2v) is 5.48. The first-order valence-corrected chi connectivity index (χ1v) is 7.41. The third kappa shape index (κ3) is 4.07. The summed E-state index contributed by atoms with van der Waals surface area (Å²) in [4.78, 5) is 8.40. The predicted octanol–water partition coefficient (Wildman–Crippen LogP) is 2.46. The molecule has 2 N–H and O–H groups in total. The highest BCUT2D eigenvalue weighted by Crippen LogP contribution is 2.22. The quantitative estimate of drug-likeness (QED) is 0.843. The Morgan fingerprint density at radius 1 is 1.24 bits per heavy atom. The lowest BCUT2D eigenvalue weighted by Gasteiger charge is -2.21. The topological polar surface area (TPSA) is 49.8 Å². The molecule has 0 spiro atoms. The van der Waals surface area contributed by atoms with Crippen LogP contribution in [0.3, 0.4) is 0 Å². The molecular weight excluding hydrogens is 232 g/mol. The predicted molar refractivity (Wildman–Crippen MR) is 74.7 cm³/mol. The highest BCUT2D eigenvalue weighted by atomic mass is 32.2. The lowest BCUT2D eigenvalue weighted by atomic mass is 10.0. The van der Waals surface area contributed by atoms with E-state index in [2.05, 4.69) is 39.3 Å². The Kier molecular flexibility index (Phi) is 4.91. The Hall–Kier alpha value is -0.970. The van der Waals surface area contributed by atoms with Gasteiger partial charge in [0, 0.05) is 19.2 Å². The fourth-order valence-electron chi connectivity index (χ4n) is 1.93. The zero-order chi connectivity index (χ0) is 11.9. The van der Waals surface area contributed by atoms with Crippen LogP contribution < -0.4 is 10.6 Å². The Bertz CT molecular complexity index is 339. The van der Waals surface area contributed by atoms with Gasteiger partial charge in [0.25, 0.3) is 0 Å². The van der Waals surface area contributed by atoms with Crippen molar-refractivity contribution in [1.82, 2.24) is 9.97 Å². The maximum Gasteiger partial charge on any atom is 0.131 e. The number of nitrogens with zero attached hydrogens (tertiary/aromatic N) is 2. The van der Waals surface area contributed by atoms with Gasteiger partial charge in [-0.2, -0.15) is 11.8 Å². The molecular formula is C12H20N4S. The molecule has 2 rings (SSSR count). The lowest BCUT2D eigenvalue weighted by molar-refractivity contribution is 0.515. The largest absolute Gasteiger partial charge is 0.370 e. The van der Waals surface area contributed by atoms with E-state index in [1.807, 2.05) is 6.07 Å². The van der Waals surface area contributed by atoms with Crippen molar-refractivity contribution >= 4 is 23.4 Å². The monoisotopic (exact) mass is 252 g/mol. The SMILES string of the molecule is CCNc1cc(NCC2CCSCC2)ncn1. The molecule has 0 amide bonds. The lowest BCUT2D eigenvalue weighted by Crippen LogP contribution is -2.19. The van der Waals surface area contributed by atoms with Gasteiger partial charge in [0.15, 0.2) is 0 Å². The summed E-state index contributed by atoms with van der Waals surface area (Å²) in [6.07, 6.45) is 4.25. The standard InChI is InChI=1S/C12H20N4S/c1-2-13-11-7-12(16-9-15-11)14-8-10-3-5-17-6-4-10/h7,9-10H,2-6,8H2,1H3,(H2,13,14,15,16). The van der Waals surface area contributed by atoms with Crippen LogP contribution in [0.15, 0.2) is 12.4 Å². The molecule has 0 aromatic carbocycles. The number of hydrogen-bond acceptors (Lipinski definition) is 5. The van der Waals surface area contributed by atoms with E-state index in [0.717, 1.165) is 30.6 Å². The number of aromatic nitrogens is 2. The molecule has 0 unspecified atom stereocenters. The summed E-state index contributed by atoms with van der Waals surface area (Å²) in [5.74, 6) is 5.23. The van der Waals surface area contributed by atoms with E-state index in [-0.39, 0.29) is 0 Å². The molecule has 1 fully saturated rings. The number of nitrogens with one attached hydrogen (secondary N) is 2. The normalized spacial score (nSPS) is 16.8. The van der Waals surface area contributed by atoms with Crippen LogP contribution in [0.5, 0.6) is 0 Å². The molecule has 17 heavy (non-hydrogen) atoms. The number of thioether (sulfide) groups is 1. The molecule has 0 radical (unpaired) electrons. The van der Waals surface area contributed by atoms with Gasteiger partial charge in [0.1, 0.15) is 18.0 Å². The van der Waals surface area contributed by atoms with E-state index >= 15 is 0 Å². The Morgan fingerprint density at radius 2 is 1.94 bits per heavy atom. The third-order valence-electron chi connectivity index (χ3n) is 2.94. The van der Waals surface area contributed by atoms with Crippen LogP contribution in [0.4, 0.5) is 11.6 Å². The van der Waals surface area contributed by atoms with Crippen molar-refractivity contribution in [1.29, 1.82) is 0 Å². The van der Waals surface area contributed by atoms with Crippen molar-refractivity contribution in [3.05, 3.63) is 12.4 Å². The van der Waals surface area contributed by atoms with Crippen molar-refractivity contribution in [2.24, 2.45) is 5.92 Å². The Labute approximate surface area is 107 Å². The van der Waals surface area contributed by atoms with E-state index in [4.69, 9.17) is 0 Å². The molecule has 94 valence electrons. The van der Waals surface area contributed by atoms with Crippen molar-refractivity contribution in [3.63, 3.8) is 0 Å². The van der Waals surface area contributed by atoms with E-state index < -0.39 is 0 Å². The summed E-state index contributed by atoms with van der Waals surface area (Å²) in [6, 6.07) is 1.97. The van der Waals surface area contributed by atoms with Crippen molar-refractivity contribution < 1.29 is 0 Å². The van der Waals surface area contributed by atoms with Gasteiger partial charge in [0.05, 0.1) is 0 Å². The summed E-state index contributed by atoms with van der Waals surface area (Å²) in [5, 5.41) is 6.60. The summed E-state index contributed by atoms with van der Waals surface area (Å²) >= 11 is 2.07. The van der Waals surface area contributed by atoms with E-state index in [9.17, 15) is 0 Å². The van der Waals surface area contributed by atoms with E-state index in [1.54, 1.807) is 6.33 Å². The van der Waals surface area contributed by atoms with Gasteiger partial charge >= 0.3 is 0 Å². The summed E-state index contributed by atoms with van der Waals surface area (Å²) < 4.78 is 0. The van der Waals surface area contributed by atoms with Gasteiger partial charge in [-0.05, 0) is 37.2 Å². The van der Waals surface area contributed by atoms with Gasteiger partial charge in [-0.1, -0.05) is 0 Å². The number of hydrogen-bond donors (Lipinski definition) is 2. The van der Waals surface area contributed by atoms with Gasteiger partial charge in [-0.25, -0.2) is 9.97 Å². The molecule has 0 atom stereocenters. The molecule has 0 aliphatic carbocycles. The first-order chi connectivity index (χ1) is 8.38. The molecule has 1 saturated heterocycles. The summed E-state index contributed by atoms with van der Waals surface area (Å²) in [5.41, 5.74) is 0. The van der Waals surface area contributed by atoms with Crippen molar-refractivity contribution in [3.8, 4) is 0 Å². The van der Waals surface area contributed by atoms with Crippen molar-refractivity contribution in [2.45, 2.75) is 19.8 Å². The average molecular weight is 252 g/mol. The van der Waals surface area contributed by atoms with E-state index in [0.29, 0.717) is 0 Å². The second-order valence-electron chi connectivity index (χ2n) is 4.26.